The Morgan fingerprint density at radius 2 is 2.05 bits per heavy atom. The van der Waals surface area contributed by atoms with Gasteiger partial charge in [-0.05, 0) is 19.8 Å². The molecular weight excluding hydrogens is 387 g/mol. The molecule has 0 aromatic rings. The predicted molar refractivity (Wildman–Crippen MR) is 93.4 cm³/mol. The molecule has 1 amide bonds. The highest BCUT2D eigenvalue weighted by Gasteiger charge is 2.23. The molecule has 8 heteroatoms. The van der Waals surface area contributed by atoms with E-state index in [1.165, 1.54) is 0 Å². The van der Waals surface area contributed by atoms with Gasteiger partial charge < -0.3 is 25.0 Å². The number of nitrogens with zero attached hydrogens (tertiary/aromatic N) is 2. The minimum Gasteiger partial charge on any atom is -0.450 e. The van der Waals surface area contributed by atoms with Gasteiger partial charge in [0.05, 0.1) is 13.2 Å². The lowest BCUT2D eigenvalue weighted by Gasteiger charge is -2.32. The van der Waals surface area contributed by atoms with Crippen molar-refractivity contribution in [2.24, 2.45) is 4.99 Å². The predicted octanol–water partition coefficient (Wildman–Crippen LogP) is 1.04. The van der Waals surface area contributed by atoms with E-state index in [1.54, 1.807) is 19.1 Å². The van der Waals surface area contributed by atoms with E-state index in [9.17, 15) is 4.79 Å². The average molecular weight is 414 g/mol. The Kier molecular flexibility index (Phi) is 11.4. The molecule has 0 bridgehead atoms. The summed E-state index contributed by atoms with van der Waals surface area (Å²) in [6, 6.07) is 0.328. The Bertz CT molecular complexity index is 321. The third kappa shape index (κ3) is 7.70. The van der Waals surface area contributed by atoms with E-state index in [1.807, 2.05) is 6.92 Å². The van der Waals surface area contributed by atoms with Gasteiger partial charge in [0, 0.05) is 39.8 Å². The molecule has 0 radical (unpaired) electrons. The van der Waals surface area contributed by atoms with Crippen molar-refractivity contribution in [1.29, 1.82) is 0 Å². The fourth-order valence-electron chi connectivity index (χ4n) is 2.08. The Morgan fingerprint density at radius 1 is 1.38 bits per heavy atom. The van der Waals surface area contributed by atoms with E-state index in [2.05, 4.69) is 15.6 Å². The van der Waals surface area contributed by atoms with Gasteiger partial charge in [0.2, 0.25) is 0 Å². The van der Waals surface area contributed by atoms with Gasteiger partial charge in [-0.2, -0.15) is 0 Å². The Hall–Kier alpha value is -0.770. The fourth-order valence-corrected chi connectivity index (χ4v) is 2.08. The molecule has 1 rings (SSSR count). The number of rotatable bonds is 5. The van der Waals surface area contributed by atoms with Crippen molar-refractivity contribution in [2.45, 2.75) is 25.8 Å². The number of carbonyl (C=O) groups is 1. The first kappa shape index (κ1) is 20.2. The van der Waals surface area contributed by atoms with Crippen LogP contribution in [0.25, 0.3) is 0 Å². The second-order valence-electron chi connectivity index (χ2n) is 4.60. The molecule has 0 spiro atoms. The number of hydrogen-bond donors (Lipinski definition) is 2. The molecule has 0 atom stereocenters. The van der Waals surface area contributed by atoms with E-state index in [4.69, 9.17) is 9.47 Å². The summed E-state index contributed by atoms with van der Waals surface area (Å²) in [5, 5.41) is 6.54. The highest BCUT2D eigenvalue weighted by Crippen LogP contribution is 2.11. The van der Waals surface area contributed by atoms with Crippen molar-refractivity contribution in [3.8, 4) is 0 Å². The summed E-state index contributed by atoms with van der Waals surface area (Å²) in [5.41, 5.74) is 0. The number of halogens is 1. The lowest BCUT2D eigenvalue weighted by atomic mass is 10.1. The molecule has 0 unspecified atom stereocenters. The number of piperidine rings is 1. The number of guanidine groups is 1. The minimum atomic E-state index is -0.214. The summed E-state index contributed by atoms with van der Waals surface area (Å²) in [5.74, 6) is 0.775. The van der Waals surface area contributed by atoms with Crippen LogP contribution in [0, 0.1) is 0 Å². The van der Waals surface area contributed by atoms with Gasteiger partial charge in [-0.3, -0.25) is 4.99 Å². The van der Waals surface area contributed by atoms with Gasteiger partial charge in [0.15, 0.2) is 5.96 Å². The van der Waals surface area contributed by atoms with Crippen LogP contribution in [-0.2, 0) is 9.47 Å². The second kappa shape index (κ2) is 11.8. The molecule has 0 aliphatic carbocycles. The maximum absolute atomic E-state index is 11.6. The molecule has 2 N–H and O–H groups in total. The zero-order chi connectivity index (χ0) is 14.8. The summed E-state index contributed by atoms with van der Waals surface area (Å²) in [4.78, 5) is 17.5. The molecule has 1 saturated heterocycles. The lowest BCUT2D eigenvalue weighted by Crippen LogP contribution is -2.50. The smallest absolute Gasteiger partial charge is 0.409 e. The number of methoxy groups -OCH3 is 1. The molecule has 1 aliphatic rings. The summed E-state index contributed by atoms with van der Waals surface area (Å²) in [7, 11) is 3.42. The fraction of sp³-hybridized carbons (Fsp3) is 0.846. The molecule has 0 aromatic heterocycles. The van der Waals surface area contributed by atoms with Crippen LogP contribution >= 0.6 is 24.0 Å². The Balaban J connectivity index is 0.00000400. The first-order valence-electron chi connectivity index (χ1n) is 7.09. The van der Waals surface area contributed by atoms with Crippen molar-refractivity contribution in [2.75, 3.05) is 47.0 Å². The highest BCUT2D eigenvalue weighted by atomic mass is 127. The van der Waals surface area contributed by atoms with Crippen molar-refractivity contribution in [1.82, 2.24) is 15.5 Å². The molecule has 1 heterocycles. The first-order valence-corrected chi connectivity index (χ1v) is 7.09. The number of amides is 1. The van der Waals surface area contributed by atoms with E-state index in [-0.39, 0.29) is 30.1 Å². The Labute approximate surface area is 143 Å². The van der Waals surface area contributed by atoms with E-state index >= 15 is 0 Å². The lowest BCUT2D eigenvalue weighted by molar-refractivity contribution is 0.0963. The third-order valence-corrected chi connectivity index (χ3v) is 3.18. The van der Waals surface area contributed by atoms with Crippen LogP contribution in [-0.4, -0.2) is 70.0 Å². The number of hydrogen-bond acceptors (Lipinski definition) is 4. The Morgan fingerprint density at radius 3 is 2.57 bits per heavy atom. The summed E-state index contributed by atoms with van der Waals surface area (Å²) in [6.07, 6.45) is 1.57. The summed E-state index contributed by atoms with van der Waals surface area (Å²) < 4.78 is 9.99. The van der Waals surface area contributed by atoms with Gasteiger partial charge in [-0.1, -0.05) is 0 Å². The zero-order valence-corrected chi connectivity index (χ0v) is 15.4. The van der Waals surface area contributed by atoms with Gasteiger partial charge in [0.1, 0.15) is 0 Å². The molecule has 21 heavy (non-hydrogen) atoms. The van der Waals surface area contributed by atoms with Crippen LogP contribution < -0.4 is 10.6 Å². The minimum absolute atomic E-state index is 0. The van der Waals surface area contributed by atoms with E-state index < -0.39 is 0 Å². The van der Waals surface area contributed by atoms with E-state index in [0.29, 0.717) is 32.3 Å². The average Bonchev–Trinajstić information content (AvgIpc) is 2.47. The van der Waals surface area contributed by atoms with Crippen LogP contribution in [0.15, 0.2) is 4.99 Å². The number of likely N-dealkylation sites (tertiary alicyclic amines) is 1. The van der Waals surface area contributed by atoms with Crippen molar-refractivity contribution in [3.05, 3.63) is 0 Å². The largest absolute Gasteiger partial charge is 0.450 e. The molecule has 7 nitrogen and oxygen atoms in total. The standard InChI is InChI=1S/C13H26N4O3.HI/c1-4-20-13(18)17-8-5-11(6-9-17)16-12(14-2)15-7-10-19-3;/h11H,4-10H2,1-3H3,(H2,14,15,16);1H. The van der Waals surface area contributed by atoms with E-state index in [0.717, 1.165) is 25.3 Å². The zero-order valence-electron chi connectivity index (χ0n) is 13.1. The van der Waals surface area contributed by atoms with Gasteiger partial charge in [-0.15, -0.1) is 24.0 Å². The molecular formula is C13H27IN4O3. The maximum atomic E-state index is 11.6. The van der Waals surface area contributed by atoms with Crippen LogP contribution in [0.4, 0.5) is 4.79 Å². The highest BCUT2D eigenvalue weighted by molar-refractivity contribution is 14.0. The van der Waals surface area contributed by atoms with Crippen LogP contribution in [0.5, 0.6) is 0 Å². The number of ether oxygens (including phenoxy) is 2. The van der Waals surface area contributed by atoms with Crippen molar-refractivity contribution >= 4 is 36.0 Å². The normalized spacial score (nSPS) is 16.1. The van der Waals surface area contributed by atoms with Crippen LogP contribution in [0.1, 0.15) is 19.8 Å². The van der Waals surface area contributed by atoms with Crippen LogP contribution in [0.2, 0.25) is 0 Å². The number of nitrogens with one attached hydrogen (secondary N) is 2. The van der Waals surface area contributed by atoms with Crippen LogP contribution in [0.3, 0.4) is 0 Å². The SMILES string of the molecule is CCOC(=O)N1CCC(NC(=NC)NCCOC)CC1.I. The number of carbonyl (C=O) groups excluding carboxylic acids is 1. The summed E-state index contributed by atoms with van der Waals surface area (Å²) in [6.45, 7) is 5.03. The van der Waals surface area contributed by atoms with Crippen molar-refractivity contribution in [3.63, 3.8) is 0 Å². The maximum Gasteiger partial charge on any atom is 0.409 e. The monoisotopic (exact) mass is 414 g/mol. The molecule has 124 valence electrons. The number of aliphatic imine (C=N–C) groups is 1. The summed E-state index contributed by atoms with van der Waals surface area (Å²) >= 11 is 0. The quantitative estimate of drug-likeness (QED) is 0.304. The third-order valence-electron chi connectivity index (χ3n) is 3.18. The van der Waals surface area contributed by atoms with Gasteiger partial charge in [-0.25, -0.2) is 4.79 Å². The molecule has 0 saturated carbocycles. The topological polar surface area (TPSA) is 75.2 Å². The second-order valence-corrected chi connectivity index (χ2v) is 4.60. The molecule has 1 aliphatic heterocycles. The molecule has 1 fully saturated rings. The first-order chi connectivity index (χ1) is 9.71. The van der Waals surface area contributed by atoms with Gasteiger partial charge in [0.25, 0.3) is 0 Å². The van der Waals surface area contributed by atoms with Gasteiger partial charge >= 0.3 is 6.09 Å². The molecule has 0 aromatic carbocycles. The van der Waals surface area contributed by atoms with Crippen molar-refractivity contribution < 1.29 is 14.3 Å².